The first kappa shape index (κ1) is 21.1. The molecule has 0 heterocycles. The van der Waals surface area contributed by atoms with Crippen LogP contribution in [0.3, 0.4) is 0 Å². The summed E-state index contributed by atoms with van der Waals surface area (Å²) in [5.74, 6) is 0.872. The molecule has 0 spiro atoms. The Morgan fingerprint density at radius 1 is 0.889 bits per heavy atom. The van der Waals surface area contributed by atoms with Crippen LogP contribution in [-0.4, -0.2) is 32.1 Å². The minimum atomic E-state index is 0. The molecule has 1 N–H and O–H groups in total. The molecule has 0 saturated heterocycles. The van der Waals surface area contributed by atoms with Crippen LogP contribution in [0.2, 0.25) is 5.02 Å². The number of ether oxygens (including phenoxy) is 1. The molecule has 0 radical (unpaired) electrons. The normalized spacial score (nSPS) is 10.4. The van der Waals surface area contributed by atoms with E-state index in [1.54, 1.807) is 0 Å². The molecular weight excluding hydrogens is 379 g/mol. The van der Waals surface area contributed by atoms with E-state index < -0.39 is 0 Å². The third-order valence-electron chi connectivity index (χ3n) is 3.99. The average molecular weight is 403 g/mol. The number of para-hydroxylation sites is 1. The fraction of sp³-hybridized carbons (Fsp3) is 0.182. The van der Waals surface area contributed by atoms with Gasteiger partial charge < -0.3 is 15.0 Å². The van der Waals surface area contributed by atoms with Crippen molar-refractivity contribution < 1.29 is 4.74 Å². The Morgan fingerprint density at radius 2 is 1.63 bits per heavy atom. The molecule has 0 aromatic heterocycles. The van der Waals surface area contributed by atoms with Crippen LogP contribution < -0.4 is 10.1 Å². The van der Waals surface area contributed by atoms with Crippen LogP contribution in [0.1, 0.15) is 0 Å². The second kappa shape index (κ2) is 10.2. The Morgan fingerprint density at radius 3 is 2.37 bits per heavy atom. The topological polar surface area (TPSA) is 24.5 Å². The molecule has 0 aliphatic rings. The third kappa shape index (κ3) is 6.17. The van der Waals surface area contributed by atoms with E-state index >= 15 is 0 Å². The number of likely N-dealkylation sites (N-methyl/N-ethyl adjacent to an activating group) is 1. The smallest absolute Gasteiger partial charge is 0.119 e. The standard InChI is InChI=1S/C22H23ClN2O.ClH/c1-25(2)13-14-26-20-10-6-7-17(15-20)18-11-12-21(23)22(16-18)24-19-8-4-3-5-9-19;/h3-12,15-16,24H,13-14H2,1-2H3;1H. The van der Waals surface area contributed by atoms with Crippen molar-refractivity contribution >= 4 is 35.4 Å². The van der Waals surface area contributed by atoms with Crippen molar-refractivity contribution in [1.82, 2.24) is 4.90 Å². The van der Waals surface area contributed by atoms with E-state index in [-0.39, 0.29) is 12.4 Å². The zero-order valence-electron chi connectivity index (χ0n) is 15.5. The van der Waals surface area contributed by atoms with Crippen molar-refractivity contribution in [1.29, 1.82) is 0 Å². The number of nitrogens with one attached hydrogen (secondary N) is 1. The number of nitrogens with zero attached hydrogens (tertiary/aromatic N) is 1. The Labute approximate surface area is 172 Å². The molecule has 0 aliphatic carbocycles. The first-order chi connectivity index (χ1) is 12.6. The van der Waals surface area contributed by atoms with Gasteiger partial charge in [-0.15, -0.1) is 12.4 Å². The van der Waals surface area contributed by atoms with Gasteiger partial charge in [0, 0.05) is 12.2 Å². The van der Waals surface area contributed by atoms with E-state index in [1.165, 1.54) is 0 Å². The molecule has 0 aliphatic heterocycles. The van der Waals surface area contributed by atoms with Gasteiger partial charge in [0.25, 0.3) is 0 Å². The largest absolute Gasteiger partial charge is 0.492 e. The van der Waals surface area contributed by atoms with E-state index in [9.17, 15) is 0 Å². The lowest BCUT2D eigenvalue weighted by Gasteiger charge is -2.13. The molecule has 0 bridgehead atoms. The monoisotopic (exact) mass is 402 g/mol. The Hall–Kier alpha value is -2.20. The highest BCUT2D eigenvalue weighted by molar-refractivity contribution is 6.33. The average Bonchev–Trinajstić information content (AvgIpc) is 2.64. The number of hydrogen-bond donors (Lipinski definition) is 1. The first-order valence-electron chi connectivity index (χ1n) is 8.61. The highest BCUT2D eigenvalue weighted by Crippen LogP contribution is 2.32. The predicted octanol–water partition coefficient (Wildman–Crippen LogP) is 6.11. The summed E-state index contributed by atoms with van der Waals surface area (Å²) in [6.45, 7) is 1.55. The number of anilines is 2. The summed E-state index contributed by atoms with van der Waals surface area (Å²) >= 11 is 6.37. The highest BCUT2D eigenvalue weighted by Gasteiger charge is 2.06. The zero-order valence-corrected chi connectivity index (χ0v) is 17.1. The van der Waals surface area contributed by atoms with Gasteiger partial charge in [-0.2, -0.15) is 0 Å². The summed E-state index contributed by atoms with van der Waals surface area (Å²) in [5, 5.41) is 4.07. The van der Waals surface area contributed by atoms with Gasteiger partial charge in [0.15, 0.2) is 0 Å². The minimum Gasteiger partial charge on any atom is -0.492 e. The van der Waals surface area contributed by atoms with Gasteiger partial charge in [-0.05, 0) is 61.6 Å². The van der Waals surface area contributed by atoms with Crippen molar-refractivity contribution in [3.8, 4) is 16.9 Å². The van der Waals surface area contributed by atoms with Crippen LogP contribution in [0.5, 0.6) is 5.75 Å². The van der Waals surface area contributed by atoms with E-state index in [4.69, 9.17) is 16.3 Å². The fourth-order valence-corrected chi connectivity index (χ4v) is 2.75. The van der Waals surface area contributed by atoms with E-state index in [0.29, 0.717) is 11.6 Å². The maximum Gasteiger partial charge on any atom is 0.119 e. The van der Waals surface area contributed by atoms with Crippen LogP contribution in [0, 0.1) is 0 Å². The van der Waals surface area contributed by atoms with Crippen LogP contribution in [0.4, 0.5) is 11.4 Å². The van der Waals surface area contributed by atoms with E-state index in [2.05, 4.69) is 28.4 Å². The predicted molar refractivity (Wildman–Crippen MR) is 118 cm³/mol. The maximum absolute atomic E-state index is 6.37. The number of rotatable bonds is 7. The Kier molecular flexibility index (Phi) is 7.99. The summed E-state index contributed by atoms with van der Waals surface area (Å²) in [5.41, 5.74) is 4.08. The maximum atomic E-state index is 6.37. The van der Waals surface area contributed by atoms with Gasteiger partial charge in [0.05, 0.1) is 10.7 Å². The molecule has 0 fully saturated rings. The molecular formula is C22H24Cl2N2O. The second-order valence-corrected chi connectivity index (χ2v) is 6.77. The summed E-state index contributed by atoms with van der Waals surface area (Å²) in [6.07, 6.45) is 0. The fourth-order valence-electron chi connectivity index (χ4n) is 2.59. The van der Waals surface area contributed by atoms with E-state index in [0.717, 1.165) is 34.8 Å². The lowest BCUT2D eigenvalue weighted by atomic mass is 10.0. The van der Waals surface area contributed by atoms with Gasteiger partial charge >= 0.3 is 0 Å². The highest BCUT2D eigenvalue weighted by atomic mass is 35.5. The molecule has 142 valence electrons. The van der Waals surface area contributed by atoms with Gasteiger partial charge in [-0.1, -0.05) is 48.0 Å². The SMILES string of the molecule is CN(C)CCOc1cccc(-c2ccc(Cl)c(Nc3ccccc3)c2)c1.Cl. The summed E-state index contributed by atoms with van der Waals surface area (Å²) in [7, 11) is 4.07. The summed E-state index contributed by atoms with van der Waals surface area (Å²) < 4.78 is 5.85. The molecule has 3 aromatic carbocycles. The van der Waals surface area contributed by atoms with Crippen molar-refractivity contribution in [3.63, 3.8) is 0 Å². The molecule has 0 amide bonds. The zero-order chi connectivity index (χ0) is 18.4. The number of halogens is 2. The Bertz CT molecular complexity index is 854. The lowest BCUT2D eigenvalue weighted by Crippen LogP contribution is -2.19. The molecule has 27 heavy (non-hydrogen) atoms. The summed E-state index contributed by atoms with van der Waals surface area (Å²) in [6, 6.07) is 24.2. The third-order valence-corrected chi connectivity index (χ3v) is 4.32. The minimum absolute atomic E-state index is 0. The van der Waals surface area contributed by atoms with Gasteiger partial charge in [-0.25, -0.2) is 0 Å². The first-order valence-corrected chi connectivity index (χ1v) is 8.99. The molecule has 0 atom stereocenters. The Balaban J connectivity index is 0.00000261. The van der Waals surface area contributed by atoms with Crippen molar-refractivity contribution in [3.05, 3.63) is 77.8 Å². The van der Waals surface area contributed by atoms with Crippen molar-refractivity contribution in [2.45, 2.75) is 0 Å². The van der Waals surface area contributed by atoms with Gasteiger partial charge in [-0.3, -0.25) is 0 Å². The van der Waals surface area contributed by atoms with Gasteiger partial charge in [0.1, 0.15) is 12.4 Å². The van der Waals surface area contributed by atoms with Crippen molar-refractivity contribution in [2.24, 2.45) is 0 Å². The lowest BCUT2D eigenvalue weighted by molar-refractivity contribution is 0.261. The molecule has 5 heteroatoms. The van der Waals surface area contributed by atoms with Crippen LogP contribution in [0.15, 0.2) is 72.8 Å². The van der Waals surface area contributed by atoms with Crippen molar-refractivity contribution in [2.75, 3.05) is 32.6 Å². The molecule has 0 unspecified atom stereocenters. The van der Waals surface area contributed by atoms with Crippen LogP contribution in [0.25, 0.3) is 11.1 Å². The van der Waals surface area contributed by atoms with Crippen LogP contribution >= 0.6 is 24.0 Å². The molecule has 3 aromatic rings. The molecule has 3 nitrogen and oxygen atoms in total. The van der Waals surface area contributed by atoms with Gasteiger partial charge in [0.2, 0.25) is 0 Å². The van der Waals surface area contributed by atoms with E-state index in [1.807, 2.05) is 68.7 Å². The molecule has 3 rings (SSSR count). The number of hydrogen-bond acceptors (Lipinski definition) is 3. The van der Waals surface area contributed by atoms with Crippen LogP contribution in [-0.2, 0) is 0 Å². The second-order valence-electron chi connectivity index (χ2n) is 6.37. The number of benzene rings is 3. The molecule has 0 saturated carbocycles. The summed E-state index contributed by atoms with van der Waals surface area (Å²) in [4.78, 5) is 2.10. The quantitative estimate of drug-likeness (QED) is 0.515.